The van der Waals surface area contributed by atoms with E-state index in [2.05, 4.69) is 15.6 Å². The first-order valence-electron chi connectivity index (χ1n) is 8.62. The molecule has 0 aromatic heterocycles. The highest BCUT2D eigenvalue weighted by Gasteiger charge is 2.11. The molecule has 0 saturated heterocycles. The van der Waals surface area contributed by atoms with Crippen LogP contribution in [0.25, 0.3) is 0 Å². The van der Waals surface area contributed by atoms with Crippen molar-refractivity contribution in [1.82, 2.24) is 10.6 Å². The maximum Gasteiger partial charge on any atom is 0.191 e. The van der Waals surface area contributed by atoms with Crippen molar-refractivity contribution < 1.29 is 18.3 Å². The third-order valence-electron chi connectivity index (χ3n) is 3.55. The van der Waals surface area contributed by atoms with Gasteiger partial charge in [0.05, 0.1) is 13.2 Å². The van der Waals surface area contributed by atoms with E-state index in [-0.39, 0.29) is 29.9 Å². The van der Waals surface area contributed by atoms with E-state index in [0.717, 1.165) is 25.6 Å². The minimum atomic E-state index is -0.570. The smallest absolute Gasteiger partial charge is 0.191 e. The van der Waals surface area contributed by atoms with Crippen LogP contribution in [-0.4, -0.2) is 52.5 Å². The summed E-state index contributed by atoms with van der Waals surface area (Å²) in [5.41, 5.74) is 0.465. The fourth-order valence-electron chi connectivity index (χ4n) is 2.19. The van der Waals surface area contributed by atoms with Gasteiger partial charge < -0.3 is 20.1 Å². The van der Waals surface area contributed by atoms with Crippen LogP contribution in [0.4, 0.5) is 8.78 Å². The molecular formula is C18H30F2IN3O2. The van der Waals surface area contributed by atoms with E-state index < -0.39 is 11.6 Å². The van der Waals surface area contributed by atoms with E-state index in [4.69, 9.17) is 9.47 Å². The Balaban J connectivity index is 0.00000625. The summed E-state index contributed by atoms with van der Waals surface area (Å²) in [6.45, 7) is 7.53. The van der Waals surface area contributed by atoms with E-state index in [0.29, 0.717) is 37.9 Å². The fraction of sp³-hybridized carbons (Fsp3) is 0.611. The van der Waals surface area contributed by atoms with Gasteiger partial charge in [0.1, 0.15) is 11.6 Å². The maximum absolute atomic E-state index is 13.8. The summed E-state index contributed by atoms with van der Waals surface area (Å²) in [5.74, 6) is -0.573. The monoisotopic (exact) mass is 485 g/mol. The van der Waals surface area contributed by atoms with Gasteiger partial charge >= 0.3 is 0 Å². The molecule has 0 saturated carbocycles. The second-order valence-electron chi connectivity index (χ2n) is 5.67. The van der Waals surface area contributed by atoms with E-state index in [1.165, 1.54) is 12.1 Å². The van der Waals surface area contributed by atoms with E-state index in [1.807, 2.05) is 13.8 Å². The molecule has 1 aromatic rings. The van der Waals surface area contributed by atoms with Crippen LogP contribution >= 0.6 is 24.0 Å². The second kappa shape index (κ2) is 15.1. The highest BCUT2D eigenvalue weighted by molar-refractivity contribution is 14.0. The van der Waals surface area contributed by atoms with Crippen molar-refractivity contribution in [1.29, 1.82) is 0 Å². The van der Waals surface area contributed by atoms with Crippen LogP contribution in [0.5, 0.6) is 0 Å². The van der Waals surface area contributed by atoms with Crippen molar-refractivity contribution in [3.05, 3.63) is 35.4 Å². The number of aliphatic imine (C=N–C) groups is 1. The molecule has 2 N–H and O–H groups in total. The minimum absolute atomic E-state index is 0. The maximum atomic E-state index is 13.8. The first-order valence-corrected chi connectivity index (χ1v) is 8.62. The van der Waals surface area contributed by atoms with Crippen LogP contribution in [0.3, 0.4) is 0 Å². The van der Waals surface area contributed by atoms with Gasteiger partial charge in [0.2, 0.25) is 0 Å². The van der Waals surface area contributed by atoms with Gasteiger partial charge in [0, 0.05) is 45.3 Å². The van der Waals surface area contributed by atoms with Gasteiger partial charge in [0.15, 0.2) is 5.96 Å². The Bertz CT molecular complexity index is 533. The average molecular weight is 485 g/mol. The number of benzene rings is 1. The minimum Gasteiger partial charge on any atom is -0.382 e. The average Bonchev–Trinajstić information content (AvgIpc) is 2.58. The summed E-state index contributed by atoms with van der Waals surface area (Å²) >= 11 is 0. The van der Waals surface area contributed by atoms with Gasteiger partial charge in [-0.3, -0.25) is 4.99 Å². The molecule has 0 aliphatic rings. The highest BCUT2D eigenvalue weighted by Crippen LogP contribution is 2.20. The number of halogens is 3. The number of nitrogens with one attached hydrogen (secondary N) is 2. The van der Waals surface area contributed by atoms with E-state index in [9.17, 15) is 8.78 Å². The first-order chi connectivity index (χ1) is 12.1. The first kappa shape index (κ1) is 25.0. The lowest BCUT2D eigenvalue weighted by Crippen LogP contribution is -2.38. The van der Waals surface area contributed by atoms with E-state index >= 15 is 0 Å². The molecule has 150 valence electrons. The molecule has 0 heterocycles. The number of rotatable bonds is 11. The summed E-state index contributed by atoms with van der Waals surface area (Å²) in [6.07, 6.45) is 0.844. The van der Waals surface area contributed by atoms with Gasteiger partial charge in [-0.25, -0.2) is 8.78 Å². The Kier molecular flexibility index (Phi) is 14.5. The molecule has 8 heteroatoms. The number of ether oxygens (including phenoxy) is 2. The molecule has 26 heavy (non-hydrogen) atoms. The number of hydrogen-bond acceptors (Lipinski definition) is 3. The SMILES string of the molecule is CCNC(=NCC(C)c1ccc(F)cc1F)NCCCOCCOC.I. The van der Waals surface area contributed by atoms with Crippen LogP contribution in [-0.2, 0) is 9.47 Å². The Morgan fingerprint density at radius 2 is 1.96 bits per heavy atom. The lowest BCUT2D eigenvalue weighted by atomic mass is 10.0. The standard InChI is InChI=1S/C18H29F2N3O2.HI/c1-4-21-18(22-8-5-9-25-11-10-24-3)23-13-14(2)16-7-6-15(19)12-17(16)20;/h6-7,12,14H,4-5,8-11,13H2,1-3H3,(H2,21,22,23);1H. The molecule has 1 rings (SSSR count). The zero-order valence-electron chi connectivity index (χ0n) is 15.7. The van der Waals surface area contributed by atoms with Gasteiger partial charge in [0.25, 0.3) is 0 Å². The molecule has 0 bridgehead atoms. The van der Waals surface area contributed by atoms with Crippen molar-refractivity contribution in [2.45, 2.75) is 26.2 Å². The molecule has 0 spiro atoms. The molecule has 0 aliphatic heterocycles. The Labute approximate surface area is 172 Å². The quantitative estimate of drug-likeness (QED) is 0.219. The highest BCUT2D eigenvalue weighted by atomic mass is 127. The topological polar surface area (TPSA) is 54.9 Å². The molecule has 0 amide bonds. The third kappa shape index (κ3) is 10.2. The summed E-state index contributed by atoms with van der Waals surface area (Å²) in [7, 11) is 1.64. The number of hydrogen-bond donors (Lipinski definition) is 2. The van der Waals surface area contributed by atoms with Crippen molar-refractivity contribution >= 4 is 29.9 Å². The van der Waals surface area contributed by atoms with Crippen LogP contribution in [0.15, 0.2) is 23.2 Å². The molecule has 1 atom stereocenters. The molecule has 1 aromatic carbocycles. The Morgan fingerprint density at radius 1 is 1.19 bits per heavy atom. The van der Waals surface area contributed by atoms with Crippen LogP contribution < -0.4 is 10.6 Å². The zero-order valence-corrected chi connectivity index (χ0v) is 18.0. The molecule has 0 aliphatic carbocycles. The van der Waals surface area contributed by atoms with Crippen molar-refractivity contribution in [3.8, 4) is 0 Å². The second-order valence-corrected chi connectivity index (χ2v) is 5.67. The number of methoxy groups -OCH3 is 1. The molecular weight excluding hydrogens is 455 g/mol. The third-order valence-corrected chi connectivity index (χ3v) is 3.55. The largest absolute Gasteiger partial charge is 0.382 e. The molecule has 0 radical (unpaired) electrons. The normalized spacial score (nSPS) is 12.4. The van der Waals surface area contributed by atoms with Crippen LogP contribution in [0.1, 0.15) is 31.7 Å². The lowest BCUT2D eigenvalue weighted by molar-refractivity contribution is 0.0698. The molecule has 1 unspecified atom stereocenters. The van der Waals surface area contributed by atoms with Gasteiger partial charge in [-0.15, -0.1) is 24.0 Å². The predicted molar refractivity (Wildman–Crippen MR) is 111 cm³/mol. The number of guanidine groups is 1. The van der Waals surface area contributed by atoms with Crippen molar-refractivity contribution in [3.63, 3.8) is 0 Å². The number of nitrogens with zero attached hydrogens (tertiary/aromatic N) is 1. The van der Waals surface area contributed by atoms with Crippen LogP contribution in [0, 0.1) is 11.6 Å². The van der Waals surface area contributed by atoms with Gasteiger partial charge in [-0.2, -0.15) is 0 Å². The predicted octanol–water partition coefficient (Wildman–Crippen LogP) is 3.29. The van der Waals surface area contributed by atoms with Gasteiger partial charge in [-0.1, -0.05) is 13.0 Å². The summed E-state index contributed by atoms with van der Waals surface area (Å²) in [4.78, 5) is 4.47. The lowest BCUT2D eigenvalue weighted by Gasteiger charge is -2.14. The fourth-order valence-corrected chi connectivity index (χ4v) is 2.19. The summed E-state index contributed by atoms with van der Waals surface area (Å²) in [5, 5.41) is 6.36. The molecule has 5 nitrogen and oxygen atoms in total. The zero-order chi connectivity index (χ0) is 18.5. The summed E-state index contributed by atoms with van der Waals surface area (Å²) < 4.78 is 37.1. The van der Waals surface area contributed by atoms with Gasteiger partial charge in [-0.05, 0) is 25.0 Å². The van der Waals surface area contributed by atoms with Crippen LogP contribution in [0.2, 0.25) is 0 Å². The van der Waals surface area contributed by atoms with E-state index in [1.54, 1.807) is 7.11 Å². The van der Waals surface area contributed by atoms with Crippen molar-refractivity contribution in [2.75, 3.05) is 46.6 Å². The Hall–Kier alpha value is -1.00. The Morgan fingerprint density at radius 3 is 2.62 bits per heavy atom. The van der Waals surface area contributed by atoms with Crippen molar-refractivity contribution in [2.24, 2.45) is 4.99 Å². The molecule has 0 fully saturated rings. The summed E-state index contributed by atoms with van der Waals surface area (Å²) in [6, 6.07) is 3.65.